The predicted molar refractivity (Wildman–Crippen MR) is 119 cm³/mol. The fourth-order valence-electron chi connectivity index (χ4n) is 4.57. The first-order valence-corrected chi connectivity index (χ1v) is 12.8. The molecule has 0 aromatic rings. The van der Waals surface area contributed by atoms with Crippen molar-refractivity contribution >= 4 is 10.4 Å². The van der Waals surface area contributed by atoms with Gasteiger partial charge in [-0.1, -0.05) is 0 Å². The fraction of sp³-hybridized carbons (Fsp3) is 1.00. The van der Waals surface area contributed by atoms with Crippen LogP contribution < -0.4 is 28.7 Å². The van der Waals surface area contributed by atoms with E-state index in [1.807, 2.05) is 0 Å². The first-order chi connectivity index (χ1) is 16.7. The van der Waals surface area contributed by atoms with Crippen molar-refractivity contribution in [1.29, 1.82) is 0 Å². The Morgan fingerprint density at radius 1 is 0.778 bits per heavy atom. The molecule has 1 aliphatic carbocycles. The molecule has 0 bridgehead atoms. The molecule has 3 aliphatic rings. The molecule has 2 heterocycles. The Hall–Kier alpha value is -0.650. The number of aliphatic hydroxyl groups is 4. The molecule has 0 aromatic heterocycles. The maximum absolute atomic E-state index is 11.0. The smallest absolute Gasteiger partial charge is 0.390 e. The Balaban J connectivity index is 1.71. The maximum atomic E-state index is 11.0. The van der Waals surface area contributed by atoms with Crippen molar-refractivity contribution in [1.82, 2.24) is 0 Å². The van der Waals surface area contributed by atoms with Gasteiger partial charge in [0.15, 0.2) is 12.6 Å². The molecule has 0 unspecified atom stereocenters. The molecule has 212 valence electrons. The average Bonchev–Trinajstić information content (AvgIpc) is 2.79. The molecule has 0 amide bonds. The molecule has 36 heavy (non-hydrogen) atoms. The molecule has 2 aliphatic heterocycles. The summed E-state index contributed by atoms with van der Waals surface area (Å²) in [6.07, 6.45) is -12.4. The van der Waals surface area contributed by atoms with E-state index in [-0.39, 0.29) is 19.4 Å². The second kappa shape index (κ2) is 12.0. The zero-order valence-corrected chi connectivity index (χ0v) is 20.1. The first kappa shape index (κ1) is 29.9. The minimum atomic E-state index is -4.85. The highest BCUT2D eigenvalue weighted by atomic mass is 32.3. The molecule has 1 saturated carbocycles. The Bertz CT molecular complexity index is 828. The normalized spacial score (nSPS) is 48.6. The van der Waals surface area contributed by atoms with Crippen LogP contribution in [0.4, 0.5) is 0 Å². The van der Waals surface area contributed by atoms with E-state index in [0.717, 1.165) is 0 Å². The van der Waals surface area contributed by atoms with Crippen LogP contribution in [0.25, 0.3) is 0 Å². The molecule has 14 atom stereocenters. The maximum Gasteiger partial charge on any atom is 0.397 e. The summed E-state index contributed by atoms with van der Waals surface area (Å²) in [5, 5.41) is 41.7. The van der Waals surface area contributed by atoms with Gasteiger partial charge in [-0.05, 0) is 12.8 Å². The monoisotopic (exact) mass is 547 g/mol. The summed E-state index contributed by atoms with van der Waals surface area (Å²) >= 11 is 0. The summed E-state index contributed by atoms with van der Waals surface area (Å²) in [5.74, 6) is 0. The topological polar surface area (TPSA) is 312 Å². The molecule has 0 aromatic carbocycles. The molecule has 0 spiro atoms. The van der Waals surface area contributed by atoms with Gasteiger partial charge in [0.1, 0.15) is 36.6 Å². The summed E-state index contributed by atoms with van der Waals surface area (Å²) in [4.78, 5) is 0. The standard InChI is InChI=1S/C18H37N5O12S/c19-3-9-8(24)2-7(22)17(32-9)34-15-5(20)1-6(21)16(14(15)27)35-18-13(26)11(23)12(25)10(33-18)4-31-36(28,29)30/h5-18,24-27H,1-4,19-23H2,(H,28,29,30)/t5-,6+,7+,8-,9+,10+,11-,12+,13+,14-,15+,16-,17+,18+/m0/s1. The van der Waals surface area contributed by atoms with Crippen LogP contribution in [0.2, 0.25) is 0 Å². The Morgan fingerprint density at radius 3 is 1.89 bits per heavy atom. The second-order valence-corrected chi connectivity index (χ2v) is 10.4. The van der Waals surface area contributed by atoms with Gasteiger partial charge in [-0.3, -0.25) is 4.55 Å². The number of aliphatic hydroxyl groups excluding tert-OH is 4. The van der Waals surface area contributed by atoms with Crippen LogP contribution in [0.5, 0.6) is 0 Å². The molecule has 15 N–H and O–H groups in total. The minimum absolute atomic E-state index is 0.00904. The number of rotatable bonds is 8. The van der Waals surface area contributed by atoms with Gasteiger partial charge < -0.3 is 68.0 Å². The number of ether oxygens (including phenoxy) is 4. The lowest BCUT2D eigenvalue weighted by Crippen LogP contribution is -2.68. The zero-order valence-electron chi connectivity index (χ0n) is 19.3. The quantitative estimate of drug-likeness (QED) is 0.126. The molecule has 2 saturated heterocycles. The van der Waals surface area contributed by atoms with E-state index in [1.54, 1.807) is 0 Å². The molecular weight excluding hydrogens is 510 g/mol. The van der Waals surface area contributed by atoms with Crippen molar-refractivity contribution in [3.63, 3.8) is 0 Å². The fourth-order valence-corrected chi connectivity index (χ4v) is 4.87. The summed E-state index contributed by atoms with van der Waals surface area (Å²) in [6, 6.07) is -3.74. The largest absolute Gasteiger partial charge is 0.397 e. The van der Waals surface area contributed by atoms with Crippen molar-refractivity contribution in [2.24, 2.45) is 28.7 Å². The second-order valence-electron chi connectivity index (χ2n) is 9.31. The molecule has 3 rings (SSSR count). The average molecular weight is 548 g/mol. The number of hydrogen-bond acceptors (Lipinski definition) is 16. The van der Waals surface area contributed by atoms with Gasteiger partial charge in [0.2, 0.25) is 0 Å². The van der Waals surface area contributed by atoms with E-state index in [4.69, 9.17) is 52.2 Å². The van der Waals surface area contributed by atoms with E-state index in [2.05, 4.69) is 4.18 Å². The van der Waals surface area contributed by atoms with Crippen molar-refractivity contribution in [3.05, 3.63) is 0 Å². The molecule has 3 fully saturated rings. The third kappa shape index (κ3) is 6.86. The van der Waals surface area contributed by atoms with Crippen molar-refractivity contribution in [3.8, 4) is 0 Å². The van der Waals surface area contributed by atoms with Crippen LogP contribution in [-0.2, 0) is 33.5 Å². The predicted octanol–water partition coefficient (Wildman–Crippen LogP) is -6.47. The van der Waals surface area contributed by atoms with Gasteiger partial charge in [0.05, 0.1) is 30.9 Å². The van der Waals surface area contributed by atoms with Crippen LogP contribution in [-0.4, -0.2) is 132 Å². The Kier molecular flexibility index (Phi) is 9.99. The lowest BCUT2D eigenvalue weighted by Gasteiger charge is -2.47. The summed E-state index contributed by atoms with van der Waals surface area (Å²) < 4.78 is 57.5. The molecule has 17 nitrogen and oxygen atoms in total. The zero-order chi connectivity index (χ0) is 26.9. The molecular formula is C18H37N5O12S. The Labute approximate surface area is 207 Å². The van der Waals surface area contributed by atoms with Gasteiger partial charge in [-0.2, -0.15) is 8.42 Å². The number of nitrogens with two attached hydrogens (primary N) is 5. The van der Waals surface area contributed by atoms with E-state index < -0.39 is 103 Å². The Morgan fingerprint density at radius 2 is 1.33 bits per heavy atom. The lowest BCUT2D eigenvalue weighted by molar-refractivity contribution is -0.314. The highest BCUT2D eigenvalue weighted by molar-refractivity contribution is 7.80. The lowest BCUT2D eigenvalue weighted by atomic mass is 9.84. The van der Waals surface area contributed by atoms with Crippen LogP contribution in [0.3, 0.4) is 0 Å². The van der Waals surface area contributed by atoms with Crippen LogP contribution >= 0.6 is 0 Å². The van der Waals surface area contributed by atoms with E-state index in [9.17, 15) is 28.8 Å². The third-order valence-electron chi connectivity index (χ3n) is 6.62. The summed E-state index contributed by atoms with van der Waals surface area (Å²) in [7, 11) is -4.85. The van der Waals surface area contributed by atoms with Gasteiger partial charge in [0, 0.05) is 18.6 Å². The summed E-state index contributed by atoms with van der Waals surface area (Å²) in [6.45, 7) is -0.823. The van der Waals surface area contributed by atoms with Gasteiger partial charge in [-0.25, -0.2) is 4.18 Å². The summed E-state index contributed by atoms with van der Waals surface area (Å²) in [5.41, 5.74) is 29.8. The van der Waals surface area contributed by atoms with Crippen molar-refractivity contribution in [2.45, 2.75) is 98.4 Å². The minimum Gasteiger partial charge on any atom is -0.390 e. The van der Waals surface area contributed by atoms with Crippen molar-refractivity contribution in [2.75, 3.05) is 13.2 Å². The van der Waals surface area contributed by atoms with E-state index >= 15 is 0 Å². The van der Waals surface area contributed by atoms with Gasteiger partial charge in [0.25, 0.3) is 0 Å². The van der Waals surface area contributed by atoms with E-state index in [0.29, 0.717) is 0 Å². The van der Waals surface area contributed by atoms with Gasteiger partial charge >= 0.3 is 10.4 Å². The third-order valence-corrected chi connectivity index (χ3v) is 7.05. The first-order valence-electron chi connectivity index (χ1n) is 11.4. The van der Waals surface area contributed by atoms with Crippen molar-refractivity contribution < 1.29 is 56.5 Å². The van der Waals surface area contributed by atoms with Crippen LogP contribution in [0, 0.1) is 0 Å². The SMILES string of the molecule is NC[C@H]1O[C@H](O[C@H]2[C@H](O)[C@@H](O[C@H]3O[C@H](COS(=O)(=O)O)[C@@H](O)[C@H](N)[C@H]3O)[C@H](N)C[C@@H]2N)[C@H](N)C[C@@H]1O. The molecule has 0 radical (unpaired) electrons. The van der Waals surface area contributed by atoms with E-state index in [1.165, 1.54) is 0 Å². The van der Waals surface area contributed by atoms with Crippen LogP contribution in [0.15, 0.2) is 0 Å². The highest BCUT2D eigenvalue weighted by Gasteiger charge is 2.50. The number of hydrogen-bond donors (Lipinski definition) is 10. The highest BCUT2D eigenvalue weighted by Crippen LogP contribution is 2.31. The van der Waals surface area contributed by atoms with Crippen LogP contribution in [0.1, 0.15) is 12.8 Å². The van der Waals surface area contributed by atoms with Gasteiger partial charge in [-0.15, -0.1) is 0 Å². The molecule has 18 heteroatoms.